The second kappa shape index (κ2) is 6.53. The van der Waals surface area contributed by atoms with Gasteiger partial charge in [0.05, 0.1) is 10.0 Å². The van der Waals surface area contributed by atoms with Gasteiger partial charge in [0.1, 0.15) is 4.90 Å². The molecule has 0 atom stereocenters. The average Bonchev–Trinajstić information content (AvgIpc) is 2.93. The van der Waals surface area contributed by atoms with Gasteiger partial charge in [-0.2, -0.15) is 0 Å². The molecule has 120 valence electrons. The van der Waals surface area contributed by atoms with Crippen LogP contribution in [0.3, 0.4) is 0 Å². The third kappa shape index (κ3) is 3.38. The number of fused-ring (bicyclic) bond motifs is 1. The molecule has 7 heteroatoms. The lowest BCUT2D eigenvalue weighted by molar-refractivity contribution is 0.582. The molecule has 0 aliphatic rings. The van der Waals surface area contributed by atoms with Crippen molar-refractivity contribution in [2.75, 3.05) is 6.54 Å². The van der Waals surface area contributed by atoms with Gasteiger partial charge in [-0.3, -0.25) is 0 Å². The quantitative estimate of drug-likeness (QED) is 0.714. The highest BCUT2D eigenvalue weighted by atomic mass is 35.5. The second-order valence-electron chi connectivity index (χ2n) is 5.06. The van der Waals surface area contributed by atoms with Gasteiger partial charge >= 0.3 is 0 Å². The fraction of sp³-hybridized carbons (Fsp3) is 0.125. The lowest BCUT2D eigenvalue weighted by atomic mass is 10.1. The summed E-state index contributed by atoms with van der Waals surface area (Å²) < 4.78 is 27.2. The van der Waals surface area contributed by atoms with E-state index in [-0.39, 0.29) is 21.5 Å². The summed E-state index contributed by atoms with van der Waals surface area (Å²) in [7, 11) is -3.70. The third-order valence-electron chi connectivity index (χ3n) is 3.57. The Morgan fingerprint density at radius 2 is 1.83 bits per heavy atom. The summed E-state index contributed by atoms with van der Waals surface area (Å²) >= 11 is 11.9. The molecule has 2 aromatic carbocycles. The van der Waals surface area contributed by atoms with Gasteiger partial charge in [0.2, 0.25) is 10.0 Å². The molecule has 0 saturated carbocycles. The lowest BCUT2D eigenvalue weighted by Gasteiger charge is -2.09. The number of rotatable bonds is 5. The number of aromatic nitrogens is 1. The Morgan fingerprint density at radius 3 is 2.65 bits per heavy atom. The predicted octanol–water partition coefficient (Wildman–Crippen LogP) is 4.00. The molecule has 3 rings (SSSR count). The number of para-hydroxylation sites is 1. The second-order valence-corrected chi connectivity index (χ2v) is 7.58. The number of H-pyrrole nitrogens is 1. The van der Waals surface area contributed by atoms with Gasteiger partial charge in [-0.05, 0) is 30.2 Å². The van der Waals surface area contributed by atoms with Crippen molar-refractivity contribution in [1.82, 2.24) is 9.71 Å². The molecular formula is C16H14Cl2N2O2S. The highest BCUT2D eigenvalue weighted by Gasteiger charge is 2.19. The molecule has 0 aliphatic carbocycles. The molecule has 4 nitrogen and oxygen atoms in total. The fourth-order valence-corrected chi connectivity index (χ4v) is 4.22. The van der Waals surface area contributed by atoms with E-state index in [0.717, 1.165) is 16.5 Å². The van der Waals surface area contributed by atoms with Gasteiger partial charge in [-0.1, -0.05) is 47.5 Å². The Bertz CT molecular complexity index is 952. The van der Waals surface area contributed by atoms with Crippen LogP contribution in [0.2, 0.25) is 10.0 Å². The zero-order valence-corrected chi connectivity index (χ0v) is 14.3. The lowest BCUT2D eigenvalue weighted by Crippen LogP contribution is -2.26. The molecule has 3 aromatic rings. The van der Waals surface area contributed by atoms with E-state index < -0.39 is 10.0 Å². The molecule has 1 aromatic heterocycles. The normalized spacial score (nSPS) is 11.9. The van der Waals surface area contributed by atoms with Crippen LogP contribution >= 0.6 is 23.2 Å². The molecule has 0 bridgehead atoms. The Labute approximate surface area is 144 Å². The standard InChI is InChI=1S/C16H14Cl2N2O2S/c17-13-5-3-7-15(16(13)18)23(21,22)20-9-8-11-10-19-14-6-2-1-4-12(11)14/h1-7,10,19-20H,8-9H2. The van der Waals surface area contributed by atoms with E-state index in [9.17, 15) is 8.42 Å². The van der Waals surface area contributed by atoms with Crippen molar-refractivity contribution in [1.29, 1.82) is 0 Å². The number of hydrogen-bond acceptors (Lipinski definition) is 2. The van der Waals surface area contributed by atoms with Crippen molar-refractivity contribution in [3.8, 4) is 0 Å². The highest BCUT2D eigenvalue weighted by molar-refractivity contribution is 7.89. The van der Waals surface area contributed by atoms with Gasteiger partial charge in [0.15, 0.2) is 0 Å². The summed E-state index contributed by atoms with van der Waals surface area (Å²) in [4.78, 5) is 3.16. The third-order valence-corrected chi connectivity index (χ3v) is 6.00. The van der Waals surface area contributed by atoms with E-state index in [4.69, 9.17) is 23.2 Å². The van der Waals surface area contributed by atoms with Gasteiger partial charge in [-0.15, -0.1) is 0 Å². The highest BCUT2D eigenvalue weighted by Crippen LogP contribution is 2.28. The van der Waals surface area contributed by atoms with E-state index in [2.05, 4.69) is 9.71 Å². The maximum Gasteiger partial charge on any atom is 0.242 e. The summed E-state index contributed by atoms with van der Waals surface area (Å²) in [6, 6.07) is 12.4. The Balaban J connectivity index is 1.74. The number of aromatic amines is 1. The molecule has 0 fully saturated rings. The van der Waals surface area contributed by atoms with Crippen molar-refractivity contribution in [2.45, 2.75) is 11.3 Å². The maximum absolute atomic E-state index is 12.3. The Morgan fingerprint density at radius 1 is 1.04 bits per heavy atom. The van der Waals surface area contributed by atoms with Crippen LogP contribution in [0.25, 0.3) is 10.9 Å². The molecule has 0 saturated heterocycles. The van der Waals surface area contributed by atoms with E-state index in [1.165, 1.54) is 6.07 Å². The van der Waals surface area contributed by atoms with Crippen molar-refractivity contribution >= 4 is 44.1 Å². The van der Waals surface area contributed by atoms with Crippen molar-refractivity contribution in [2.24, 2.45) is 0 Å². The number of sulfonamides is 1. The fourth-order valence-electron chi connectivity index (χ4n) is 2.43. The van der Waals surface area contributed by atoms with E-state index in [1.54, 1.807) is 12.1 Å². The average molecular weight is 369 g/mol. The zero-order chi connectivity index (χ0) is 16.4. The molecule has 0 radical (unpaired) electrons. The van der Waals surface area contributed by atoms with Crippen LogP contribution in [0.1, 0.15) is 5.56 Å². The Kier molecular flexibility index (Phi) is 4.64. The summed E-state index contributed by atoms with van der Waals surface area (Å²) in [5, 5.41) is 1.34. The van der Waals surface area contributed by atoms with Crippen LogP contribution in [-0.2, 0) is 16.4 Å². The molecule has 0 unspecified atom stereocenters. The number of halogens is 2. The SMILES string of the molecule is O=S(=O)(NCCc1c[nH]c2ccccc12)c1cccc(Cl)c1Cl. The predicted molar refractivity (Wildman–Crippen MR) is 93.7 cm³/mol. The molecule has 23 heavy (non-hydrogen) atoms. The zero-order valence-electron chi connectivity index (χ0n) is 12.0. The molecule has 2 N–H and O–H groups in total. The minimum absolute atomic E-state index is 0.00871. The maximum atomic E-state index is 12.3. The first-order valence-corrected chi connectivity index (χ1v) is 9.21. The van der Waals surface area contributed by atoms with Crippen LogP contribution in [0.5, 0.6) is 0 Å². The van der Waals surface area contributed by atoms with Crippen molar-refractivity contribution < 1.29 is 8.42 Å². The molecule has 1 heterocycles. The monoisotopic (exact) mass is 368 g/mol. The Hall–Kier alpha value is -1.53. The molecule has 0 aliphatic heterocycles. The minimum Gasteiger partial charge on any atom is -0.361 e. The number of hydrogen-bond donors (Lipinski definition) is 2. The van der Waals surface area contributed by atoms with Crippen LogP contribution in [0.15, 0.2) is 53.6 Å². The van der Waals surface area contributed by atoms with Crippen LogP contribution in [0.4, 0.5) is 0 Å². The first kappa shape index (κ1) is 16.3. The van der Waals surface area contributed by atoms with E-state index >= 15 is 0 Å². The van der Waals surface area contributed by atoms with E-state index in [0.29, 0.717) is 6.42 Å². The molecule has 0 amide bonds. The van der Waals surface area contributed by atoms with Gasteiger partial charge in [0, 0.05) is 23.6 Å². The summed E-state index contributed by atoms with van der Waals surface area (Å²) in [6.07, 6.45) is 2.47. The van der Waals surface area contributed by atoms with Crippen molar-refractivity contribution in [3.63, 3.8) is 0 Å². The van der Waals surface area contributed by atoms with Crippen LogP contribution < -0.4 is 4.72 Å². The van der Waals surface area contributed by atoms with Crippen LogP contribution in [0, 0.1) is 0 Å². The van der Waals surface area contributed by atoms with Gasteiger partial charge < -0.3 is 4.98 Å². The van der Waals surface area contributed by atoms with Gasteiger partial charge in [0.25, 0.3) is 0 Å². The molecule has 0 spiro atoms. The largest absolute Gasteiger partial charge is 0.361 e. The van der Waals surface area contributed by atoms with Gasteiger partial charge in [-0.25, -0.2) is 13.1 Å². The number of nitrogens with one attached hydrogen (secondary N) is 2. The first-order valence-electron chi connectivity index (χ1n) is 6.98. The number of benzene rings is 2. The molecular weight excluding hydrogens is 355 g/mol. The van der Waals surface area contributed by atoms with Crippen LogP contribution in [-0.4, -0.2) is 19.9 Å². The van der Waals surface area contributed by atoms with E-state index in [1.807, 2.05) is 30.5 Å². The summed E-state index contributed by atoms with van der Waals surface area (Å²) in [5.41, 5.74) is 2.09. The summed E-state index contributed by atoms with van der Waals surface area (Å²) in [5.74, 6) is 0. The first-order chi connectivity index (χ1) is 11.0. The summed E-state index contributed by atoms with van der Waals surface area (Å²) in [6.45, 7) is 0.271. The van der Waals surface area contributed by atoms with Crippen molar-refractivity contribution in [3.05, 3.63) is 64.3 Å². The topological polar surface area (TPSA) is 62.0 Å². The minimum atomic E-state index is -3.70. The smallest absolute Gasteiger partial charge is 0.242 e.